The van der Waals surface area contributed by atoms with Gasteiger partial charge in [-0.2, -0.15) is 0 Å². The first kappa shape index (κ1) is 22.9. The van der Waals surface area contributed by atoms with E-state index in [0.29, 0.717) is 11.6 Å². The molecule has 3 rings (SSSR count). The minimum Gasteiger partial charge on any atom is -0.494 e. The Morgan fingerprint density at radius 3 is 2.67 bits per heavy atom. The van der Waals surface area contributed by atoms with Crippen LogP contribution in [0.5, 0.6) is 5.75 Å². The zero-order valence-corrected chi connectivity index (χ0v) is 19.2. The molecule has 1 saturated heterocycles. The predicted octanol–water partition coefficient (Wildman–Crippen LogP) is 5.21. The van der Waals surface area contributed by atoms with Crippen molar-refractivity contribution in [3.63, 3.8) is 0 Å². The Morgan fingerprint density at radius 2 is 2.00 bits per heavy atom. The minimum atomic E-state index is -0.412. The van der Waals surface area contributed by atoms with E-state index < -0.39 is 5.41 Å². The van der Waals surface area contributed by atoms with E-state index in [0.717, 1.165) is 49.4 Å². The second-order valence-corrected chi connectivity index (χ2v) is 9.85. The Morgan fingerprint density at radius 1 is 1.27 bits per heavy atom. The number of nitrogens with one attached hydrogen (secondary N) is 1. The normalized spacial score (nSPS) is 15.7. The van der Waals surface area contributed by atoms with Crippen molar-refractivity contribution in [2.24, 2.45) is 5.41 Å². The first-order chi connectivity index (χ1) is 14.4. The van der Waals surface area contributed by atoms with E-state index in [1.807, 2.05) is 50.4 Å². The van der Waals surface area contributed by atoms with Gasteiger partial charge in [0, 0.05) is 46.9 Å². The van der Waals surface area contributed by atoms with Gasteiger partial charge in [0.25, 0.3) is 0 Å². The molecule has 1 N–H and O–H groups in total. The maximum Gasteiger partial charge on any atom is 0.225 e. The highest BCUT2D eigenvalue weighted by Crippen LogP contribution is 2.27. The van der Waals surface area contributed by atoms with Gasteiger partial charge in [0.1, 0.15) is 5.75 Å². The molecule has 0 radical (unpaired) electrons. The average molecular weight is 448 g/mol. The van der Waals surface area contributed by atoms with Crippen LogP contribution in [0.2, 0.25) is 5.02 Å². The third-order valence-electron chi connectivity index (χ3n) is 5.30. The standard InChI is InChI=1S/C23H30ClN3O2S/c1-23(2,12-4-16-29-20-8-6-18(24)7-9-20)22(28)26-19-10-14-27(15-11-19)30-21-5-3-13-25-17-21/h3,5-9,13,17,19H,4,10-12,14-16H2,1-2H3,(H,26,28). The van der Waals surface area contributed by atoms with E-state index in [4.69, 9.17) is 16.3 Å². The molecule has 5 nitrogen and oxygen atoms in total. The SMILES string of the molecule is CC(C)(CCCOc1ccc(Cl)cc1)C(=O)NC1CCN(Sc2cccnc2)CC1. The van der Waals surface area contributed by atoms with E-state index in [-0.39, 0.29) is 11.9 Å². The van der Waals surface area contributed by atoms with Crippen LogP contribution in [0.15, 0.2) is 53.7 Å². The third-order valence-corrected chi connectivity index (χ3v) is 6.63. The highest BCUT2D eigenvalue weighted by Gasteiger charge is 2.30. The van der Waals surface area contributed by atoms with Crippen LogP contribution in [0.25, 0.3) is 0 Å². The fourth-order valence-corrected chi connectivity index (χ4v) is 4.44. The smallest absolute Gasteiger partial charge is 0.225 e. The average Bonchev–Trinajstić information content (AvgIpc) is 2.74. The number of pyridine rings is 1. The second-order valence-electron chi connectivity index (χ2n) is 8.25. The van der Waals surface area contributed by atoms with Crippen LogP contribution in [0.1, 0.15) is 39.5 Å². The molecule has 2 aromatic rings. The Kier molecular flexibility index (Phi) is 8.42. The Balaban J connectivity index is 1.35. The van der Waals surface area contributed by atoms with E-state index in [2.05, 4.69) is 20.7 Å². The highest BCUT2D eigenvalue weighted by molar-refractivity contribution is 7.97. The maximum atomic E-state index is 12.8. The molecule has 0 aliphatic carbocycles. The Bertz CT molecular complexity index is 794. The molecule has 162 valence electrons. The molecule has 2 heterocycles. The zero-order valence-electron chi connectivity index (χ0n) is 17.6. The minimum absolute atomic E-state index is 0.132. The lowest BCUT2D eigenvalue weighted by atomic mass is 9.86. The fourth-order valence-electron chi connectivity index (χ4n) is 3.37. The van der Waals surface area contributed by atoms with Crippen molar-refractivity contribution in [3.8, 4) is 5.75 Å². The summed E-state index contributed by atoms with van der Waals surface area (Å²) >= 11 is 7.63. The van der Waals surface area contributed by atoms with Crippen LogP contribution in [-0.2, 0) is 4.79 Å². The van der Waals surface area contributed by atoms with Crippen LogP contribution in [0.3, 0.4) is 0 Å². The highest BCUT2D eigenvalue weighted by atomic mass is 35.5. The molecule has 0 atom stereocenters. The maximum absolute atomic E-state index is 12.8. The van der Waals surface area contributed by atoms with Crippen molar-refractivity contribution in [1.82, 2.24) is 14.6 Å². The van der Waals surface area contributed by atoms with Gasteiger partial charge in [-0.1, -0.05) is 25.4 Å². The fraction of sp³-hybridized carbons (Fsp3) is 0.478. The van der Waals surface area contributed by atoms with Crippen LogP contribution >= 0.6 is 23.5 Å². The number of hydrogen-bond acceptors (Lipinski definition) is 5. The van der Waals surface area contributed by atoms with Gasteiger partial charge < -0.3 is 10.1 Å². The number of rotatable bonds is 9. The number of carbonyl (C=O) groups is 1. The Hall–Kier alpha value is -1.76. The number of benzene rings is 1. The van der Waals surface area contributed by atoms with E-state index >= 15 is 0 Å². The number of nitrogens with zero attached hydrogens (tertiary/aromatic N) is 2. The monoisotopic (exact) mass is 447 g/mol. The number of piperidine rings is 1. The van der Waals surface area contributed by atoms with Crippen molar-refractivity contribution in [2.45, 2.75) is 50.5 Å². The summed E-state index contributed by atoms with van der Waals surface area (Å²) in [6.45, 7) is 6.53. The summed E-state index contributed by atoms with van der Waals surface area (Å²) in [6, 6.07) is 11.6. The molecular weight excluding hydrogens is 418 g/mol. The number of carbonyl (C=O) groups excluding carboxylic acids is 1. The lowest BCUT2D eigenvalue weighted by Gasteiger charge is -2.33. The van der Waals surface area contributed by atoms with Gasteiger partial charge in [0.15, 0.2) is 0 Å². The lowest BCUT2D eigenvalue weighted by Crippen LogP contribution is -2.47. The zero-order chi connectivity index (χ0) is 21.4. The van der Waals surface area contributed by atoms with Crippen molar-refractivity contribution in [2.75, 3.05) is 19.7 Å². The molecule has 1 amide bonds. The summed E-state index contributed by atoms with van der Waals surface area (Å²) in [4.78, 5) is 18.1. The summed E-state index contributed by atoms with van der Waals surface area (Å²) in [7, 11) is 0. The molecule has 1 fully saturated rings. The summed E-state index contributed by atoms with van der Waals surface area (Å²) in [5.41, 5.74) is -0.412. The molecule has 1 aliphatic heterocycles. The largest absolute Gasteiger partial charge is 0.494 e. The van der Waals surface area contributed by atoms with Crippen molar-refractivity contribution in [1.29, 1.82) is 0 Å². The Labute approximate surface area is 188 Å². The van der Waals surface area contributed by atoms with E-state index in [1.165, 1.54) is 0 Å². The van der Waals surface area contributed by atoms with Crippen molar-refractivity contribution < 1.29 is 9.53 Å². The second kappa shape index (κ2) is 11.0. The molecule has 0 bridgehead atoms. The molecule has 1 aromatic carbocycles. The summed E-state index contributed by atoms with van der Waals surface area (Å²) < 4.78 is 8.09. The van der Waals surface area contributed by atoms with Crippen molar-refractivity contribution >= 4 is 29.5 Å². The summed E-state index contributed by atoms with van der Waals surface area (Å²) in [6.07, 6.45) is 7.21. The molecule has 1 aliphatic rings. The van der Waals surface area contributed by atoms with E-state index in [1.54, 1.807) is 18.1 Å². The van der Waals surface area contributed by atoms with Crippen LogP contribution < -0.4 is 10.1 Å². The summed E-state index contributed by atoms with van der Waals surface area (Å²) in [5.74, 6) is 0.935. The third kappa shape index (κ3) is 7.18. The van der Waals surface area contributed by atoms with Crippen LogP contribution in [0.4, 0.5) is 0 Å². The number of aromatic nitrogens is 1. The topological polar surface area (TPSA) is 54.5 Å². The van der Waals surface area contributed by atoms with E-state index in [9.17, 15) is 4.79 Å². The van der Waals surface area contributed by atoms with Crippen LogP contribution in [-0.4, -0.2) is 40.9 Å². The molecule has 0 spiro atoms. The molecule has 7 heteroatoms. The van der Waals surface area contributed by atoms with Gasteiger partial charge in [-0.05, 0) is 74.0 Å². The van der Waals surface area contributed by atoms with Gasteiger partial charge in [-0.3, -0.25) is 9.78 Å². The van der Waals surface area contributed by atoms with Gasteiger partial charge in [0.2, 0.25) is 5.91 Å². The summed E-state index contributed by atoms with van der Waals surface area (Å²) in [5, 5.41) is 3.96. The van der Waals surface area contributed by atoms with Gasteiger partial charge >= 0.3 is 0 Å². The van der Waals surface area contributed by atoms with Crippen LogP contribution in [0, 0.1) is 5.41 Å². The first-order valence-corrected chi connectivity index (χ1v) is 11.6. The lowest BCUT2D eigenvalue weighted by molar-refractivity contribution is -0.130. The first-order valence-electron chi connectivity index (χ1n) is 10.4. The quantitative estimate of drug-likeness (QED) is 0.422. The van der Waals surface area contributed by atoms with Gasteiger partial charge in [-0.15, -0.1) is 0 Å². The van der Waals surface area contributed by atoms with Crippen molar-refractivity contribution in [3.05, 3.63) is 53.8 Å². The number of amides is 1. The number of hydrogen-bond donors (Lipinski definition) is 1. The molecular formula is C23H30ClN3O2S. The number of ether oxygens (including phenoxy) is 1. The van der Waals surface area contributed by atoms with Gasteiger partial charge in [-0.25, -0.2) is 4.31 Å². The molecule has 1 aromatic heterocycles. The predicted molar refractivity (Wildman–Crippen MR) is 123 cm³/mol. The molecule has 0 saturated carbocycles. The molecule has 30 heavy (non-hydrogen) atoms. The van der Waals surface area contributed by atoms with Gasteiger partial charge in [0.05, 0.1) is 6.61 Å². The molecule has 0 unspecified atom stereocenters. The number of halogens is 1.